The molecule has 4 heteroatoms. The molecule has 21 heavy (non-hydrogen) atoms. The Morgan fingerprint density at radius 3 is 2.57 bits per heavy atom. The average Bonchev–Trinajstić information content (AvgIpc) is 2.52. The van der Waals surface area contributed by atoms with E-state index in [1.165, 1.54) is 6.07 Å². The van der Waals surface area contributed by atoms with Crippen LogP contribution in [0.3, 0.4) is 0 Å². The molecule has 2 rings (SSSR count). The molecule has 0 aliphatic carbocycles. The number of ether oxygens (including phenoxy) is 1. The molecule has 0 aliphatic heterocycles. The van der Waals surface area contributed by atoms with E-state index in [0.29, 0.717) is 12.3 Å². The van der Waals surface area contributed by atoms with Crippen molar-refractivity contribution < 1.29 is 14.6 Å². The highest BCUT2D eigenvalue weighted by Gasteiger charge is 2.06. The number of hydrogen-bond acceptors (Lipinski definition) is 3. The second-order valence-corrected chi connectivity index (χ2v) is 4.25. The van der Waals surface area contributed by atoms with Crippen molar-refractivity contribution in [1.82, 2.24) is 0 Å². The molecule has 0 amide bonds. The first-order valence-corrected chi connectivity index (χ1v) is 6.41. The molecule has 0 aromatic heterocycles. The Bertz CT molecular complexity index is 660. The summed E-state index contributed by atoms with van der Waals surface area (Å²) in [6.07, 6.45) is 3.30. The van der Waals surface area contributed by atoms with Gasteiger partial charge in [-0.2, -0.15) is 0 Å². The van der Waals surface area contributed by atoms with Crippen LogP contribution in [0, 0.1) is 0 Å². The first-order valence-electron chi connectivity index (χ1n) is 6.41. The van der Waals surface area contributed by atoms with Crippen LogP contribution in [-0.4, -0.2) is 23.9 Å². The molecule has 0 radical (unpaired) electrons. The van der Waals surface area contributed by atoms with Gasteiger partial charge in [0.1, 0.15) is 12.4 Å². The number of carboxylic acid groups (broad SMARTS) is 1. The maximum Gasteiger partial charge on any atom is 0.337 e. The molecule has 2 aromatic carbocycles. The van der Waals surface area contributed by atoms with Crippen molar-refractivity contribution >= 4 is 17.9 Å². The summed E-state index contributed by atoms with van der Waals surface area (Å²) in [7, 11) is 0. The first-order chi connectivity index (χ1) is 10.2. The summed E-state index contributed by atoms with van der Waals surface area (Å²) in [4.78, 5) is 15.3. The van der Waals surface area contributed by atoms with E-state index in [1.54, 1.807) is 30.5 Å². The number of carbonyl (C=O) groups is 1. The standard InChI is InChI=1S/C17H15NO3/c1-2-11-21-14-9-7-13(8-10-14)12-18-16-6-4-3-5-15(16)17(19)20/h2-10,12H,1,11H2,(H,19,20). The lowest BCUT2D eigenvalue weighted by Gasteiger charge is -2.03. The molecule has 0 saturated heterocycles. The number of para-hydroxylation sites is 1. The Morgan fingerprint density at radius 1 is 1.19 bits per heavy atom. The summed E-state index contributed by atoms with van der Waals surface area (Å²) in [6.45, 7) is 4.04. The smallest absolute Gasteiger partial charge is 0.337 e. The zero-order valence-corrected chi connectivity index (χ0v) is 11.4. The normalized spacial score (nSPS) is 10.5. The van der Waals surface area contributed by atoms with Gasteiger partial charge in [0.2, 0.25) is 0 Å². The Labute approximate surface area is 123 Å². The number of carboxylic acids is 1. The first kappa shape index (κ1) is 14.5. The van der Waals surface area contributed by atoms with E-state index in [9.17, 15) is 4.79 Å². The third-order valence-corrected chi connectivity index (χ3v) is 2.74. The number of benzene rings is 2. The molecule has 1 N–H and O–H groups in total. The van der Waals surface area contributed by atoms with Crippen LogP contribution >= 0.6 is 0 Å². The summed E-state index contributed by atoms with van der Waals surface area (Å²) in [6, 6.07) is 14.0. The summed E-state index contributed by atoms with van der Waals surface area (Å²) in [5.41, 5.74) is 1.47. The van der Waals surface area contributed by atoms with E-state index in [1.807, 2.05) is 24.3 Å². The lowest BCUT2D eigenvalue weighted by molar-refractivity contribution is 0.0698. The monoisotopic (exact) mass is 281 g/mol. The van der Waals surface area contributed by atoms with E-state index in [2.05, 4.69) is 11.6 Å². The molecule has 0 atom stereocenters. The molecule has 0 heterocycles. The fraction of sp³-hybridized carbons (Fsp3) is 0.0588. The van der Waals surface area contributed by atoms with Crippen LogP contribution in [0.15, 0.2) is 66.2 Å². The highest BCUT2D eigenvalue weighted by atomic mass is 16.5. The minimum atomic E-state index is -0.990. The fourth-order valence-corrected chi connectivity index (χ4v) is 1.72. The average molecular weight is 281 g/mol. The SMILES string of the molecule is C=CCOc1ccc(C=Nc2ccccc2C(=O)O)cc1. The maximum absolute atomic E-state index is 11.1. The quantitative estimate of drug-likeness (QED) is 0.648. The van der Waals surface area contributed by atoms with Crippen LogP contribution in [0.5, 0.6) is 5.75 Å². The molecule has 0 spiro atoms. The Balaban J connectivity index is 2.14. The van der Waals surface area contributed by atoms with Gasteiger partial charge in [0.05, 0.1) is 11.3 Å². The number of nitrogens with zero attached hydrogens (tertiary/aromatic N) is 1. The molecular weight excluding hydrogens is 266 g/mol. The van der Waals surface area contributed by atoms with Crippen LogP contribution in [0.25, 0.3) is 0 Å². The van der Waals surface area contributed by atoms with Crippen molar-refractivity contribution in [1.29, 1.82) is 0 Å². The van der Waals surface area contributed by atoms with Gasteiger partial charge in [0.25, 0.3) is 0 Å². The lowest BCUT2D eigenvalue weighted by atomic mass is 10.2. The summed E-state index contributed by atoms with van der Waals surface area (Å²) >= 11 is 0. The number of hydrogen-bond donors (Lipinski definition) is 1. The van der Waals surface area contributed by atoms with Crippen LogP contribution in [0.1, 0.15) is 15.9 Å². The van der Waals surface area contributed by atoms with E-state index in [-0.39, 0.29) is 5.56 Å². The van der Waals surface area contributed by atoms with Crippen molar-refractivity contribution in [2.45, 2.75) is 0 Å². The summed E-state index contributed by atoms with van der Waals surface area (Å²) in [5.74, 6) is -0.242. The Hall–Kier alpha value is -2.88. The largest absolute Gasteiger partial charge is 0.490 e. The van der Waals surface area contributed by atoms with E-state index < -0.39 is 5.97 Å². The Morgan fingerprint density at radius 2 is 1.90 bits per heavy atom. The topological polar surface area (TPSA) is 58.9 Å². The van der Waals surface area contributed by atoms with Gasteiger partial charge >= 0.3 is 5.97 Å². The van der Waals surface area contributed by atoms with Crippen molar-refractivity contribution in [2.24, 2.45) is 4.99 Å². The Kier molecular flexibility index (Phi) is 4.88. The minimum Gasteiger partial charge on any atom is -0.490 e. The van der Waals surface area contributed by atoms with Crippen LogP contribution in [0.2, 0.25) is 0 Å². The zero-order chi connectivity index (χ0) is 15.1. The molecule has 0 fully saturated rings. The van der Waals surface area contributed by atoms with E-state index in [4.69, 9.17) is 9.84 Å². The predicted octanol–water partition coefficient (Wildman–Crippen LogP) is 3.70. The van der Waals surface area contributed by atoms with Crippen molar-refractivity contribution in [3.8, 4) is 5.75 Å². The molecule has 0 bridgehead atoms. The van der Waals surface area contributed by atoms with E-state index >= 15 is 0 Å². The van der Waals surface area contributed by atoms with E-state index in [0.717, 1.165) is 11.3 Å². The zero-order valence-electron chi connectivity index (χ0n) is 11.4. The molecular formula is C17H15NO3. The highest BCUT2D eigenvalue weighted by Crippen LogP contribution is 2.19. The van der Waals surface area contributed by atoms with Gasteiger partial charge in [-0.1, -0.05) is 24.8 Å². The molecule has 0 saturated carbocycles. The highest BCUT2D eigenvalue weighted by molar-refractivity contribution is 5.95. The summed E-state index contributed by atoms with van der Waals surface area (Å²) in [5, 5.41) is 9.08. The lowest BCUT2D eigenvalue weighted by Crippen LogP contribution is -1.96. The van der Waals surface area contributed by atoms with Crippen molar-refractivity contribution in [3.05, 3.63) is 72.3 Å². The second kappa shape index (κ2) is 7.05. The minimum absolute atomic E-state index is 0.180. The predicted molar refractivity (Wildman–Crippen MR) is 82.8 cm³/mol. The van der Waals surface area contributed by atoms with Gasteiger partial charge in [-0.05, 0) is 42.0 Å². The van der Waals surface area contributed by atoms with Gasteiger partial charge in [-0.3, -0.25) is 4.99 Å². The third-order valence-electron chi connectivity index (χ3n) is 2.74. The summed E-state index contributed by atoms with van der Waals surface area (Å²) < 4.78 is 5.38. The molecule has 0 aliphatic rings. The van der Waals surface area contributed by atoms with Gasteiger partial charge < -0.3 is 9.84 Å². The van der Waals surface area contributed by atoms with Gasteiger partial charge in [0.15, 0.2) is 0 Å². The number of aliphatic imine (C=N–C) groups is 1. The van der Waals surface area contributed by atoms with Gasteiger partial charge in [-0.15, -0.1) is 0 Å². The fourth-order valence-electron chi connectivity index (χ4n) is 1.72. The molecule has 106 valence electrons. The second-order valence-electron chi connectivity index (χ2n) is 4.25. The van der Waals surface area contributed by atoms with Crippen LogP contribution < -0.4 is 4.74 Å². The molecule has 2 aromatic rings. The van der Waals surface area contributed by atoms with Gasteiger partial charge in [0, 0.05) is 6.21 Å². The van der Waals surface area contributed by atoms with Crippen molar-refractivity contribution in [3.63, 3.8) is 0 Å². The third kappa shape index (κ3) is 4.04. The van der Waals surface area contributed by atoms with Gasteiger partial charge in [-0.25, -0.2) is 4.79 Å². The van der Waals surface area contributed by atoms with Crippen LogP contribution in [0.4, 0.5) is 5.69 Å². The number of rotatable bonds is 6. The number of aromatic carboxylic acids is 1. The van der Waals surface area contributed by atoms with Crippen LogP contribution in [-0.2, 0) is 0 Å². The molecule has 0 unspecified atom stereocenters. The maximum atomic E-state index is 11.1. The molecule has 4 nitrogen and oxygen atoms in total. The van der Waals surface area contributed by atoms with Crippen molar-refractivity contribution in [2.75, 3.05) is 6.61 Å².